The summed E-state index contributed by atoms with van der Waals surface area (Å²) in [5.41, 5.74) is 0. The third-order valence-electron chi connectivity index (χ3n) is 5.57. The van der Waals surface area contributed by atoms with Gasteiger partial charge in [-0.2, -0.15) is 0 Å². The van der Waals surface area contributed by atoms with Crippen LogP contribution in [0.5, 0.6) is 0 Å². The molecule has 0 aliphatic heterocycles. The normalized spacial score (nSPS) is 12.9. The van der Waals surface area contributed by atoms with Gasteiger partial charge in [0.1, 0.15) is 0 Å². The summed E-state index contributed by atoms with van der Waals surface area (Å²) < 4.78 is 6.13. The molecule has 10 heteroatoms. The average Bonchev–Trinajstić information content (AvgIpc) is 2.61. The second-order valence-electron chi connectivity index (χ2n) is 12.7. The van der Waals surface area contributed by atoms with E-state index in [-0.39, 0.29) is 32.4 Å². The Morgan fingerprint density at radius 3 is 0.618 bits per heavy atom. The molecule has 0 heterocycles. The van der Waals surface area contributed by atoms with Gasteiger partial charge >= 0.3 is 134 Å². The van der Waals surface area contributed by atoms with Crippen LogP contribution in [0, 0.1) is 0 Å². The van der Waals surface area contributed by atoms with E-state index in [1.807, 2.05) is 0 Å². The van der Waals surface area contributed by atoms with E-state index < -0.39 is 32.9 Å². The van der Waals surface area contributed by atoms with E-state index in [1.54, 1.807) is 0 Å². The predicted molar refractivity (Wildman–Crippen MR) is 180 cm³/mol. The molecule has 0 saturated heterocycles. The summed E-state index contributed by atoms with van der Waals surface area (Å²) in [6, 6.07) is 0. The zero-order valence-corrected chi connectivity index (χ0v) is 35.7. The van der Waals surface area contributed by atoms with Gasteiger partial charge in [-0.25, -0.2) is 0 Å². The SMILES string of the molecule is CCP(CC)CC.CCP(CC)CC.C[Si](C)(C)[N]([Ge][N]([Si](C)(C)C)[Si](C)(C)C)[Si](C)(C)C.[Ni]. The maximum atomic E-state index is 3.07. The van der Waals surface area contributed by atoms with E-state index in [0.29, 0.717) is 15.8 Å². The monoisotopic (exact) mass is 688 g/mol. The Bertz CT molecular complexity index is 391. The largest absolute Gasteiger partial charge is 0 e. The van der Waals surface area contributed by atoms with E-state index in [2.05, 4.69) is 126 Å². The summed E-state index contributed by atoms with van der Waals surface area (Å²) in [6.45, 7) is 44.3. The minimum atomic E-state index is -1.19. The fourth-order valence-corrected chi connectivity index (χ4v) is 36.2. The number of rotatable bonds is 12. The second-order valence-corrected chi connectivity index (χ2v) is 45.3. The Morgan fingerprint density at radius 2 is 0.559 bits per heavy atom. The van der Waals surface area contributed by atoms with Gasteiger partial charge < -0.3 is 0 Å². The first-order chi connectivity index (χ1) is 14.7. The third kappa shape index (κ3) is 21.6. The molecule has 0 aromatic rings. The molecular weight excluding hydrogens is 622 g/mol. The van der Waals surface area contributed by atoms with Crippen molar-refractivity contribution in [2.24, 2.45) is 0 Å². The van der Waals surface area contributed by atoms with Crippen LogP contribution in [0.3, 0.4) is 0 Å². The molecule has 0 N–H and O–H groups in total. The molecule has 2 nitrogen and oxygen atoms in total. The standard InChI is InChI=1S/C12H36GeN2Si4.2C6H15P.Ni/c1-16(2,3)14(17(4,5)6)13-15(18(7,8)9)19(10,11)12;2*1-4-7(5-2)6-3;/h1-12H3;2*4-6H2,1-3H3;. The van der Waals surface area contributed by atoms with Gasteiger partial charge in [0.15, 0.2) is 0 Å². The molecular formula is C24H66GeN2NiP2Si4. The van der Waals surface area contributed by atoms with Crippen molar-refractivity contribution < 1.29 is 16.5 Å². The fourth-order valence-electron chi connectivity index (χ4n) is 4.05. The number of nitrogens with zero attached hydrogens (tertiary/aromatic N) is 2. The van der Waals surface area contributed by atoms with Crippen molar-refractivity contribution in [2.75, 3.05) is 37.0 Å². The van der Waals surface area contributed by atoms with Crippen molar-refractivity contribution in [2.45, 2.75) is 120 Å². The molecule has 2 radical (unpaired) electrons. The van der Waals surface area contributed by atoms with Crippen molar-refractivity contribution in [1.82, 2.24) is 6.38 Å². The maximum absolute atomic E-state index is 3.07. The molecule has 0 aromatic heterocycles. The van der Waals surface area contributed by atoms with Gasteiger partial charge in [0, 0.05) is 16.5 Å². The van der Waals surface area contributed by atoms with Crippen LogP contribution in [-0.4, -0.2) is 92.2 Å². The van der Waals surface area contributed by atoms with Crippen LogP contribution in [0.2, 0.25) is 78.6 Å². The smallest absolute Gasteiger partial charge is 0 e. The van der Waals surface area contributed by atoms with Crippen molar-refractivity contribution in [1.29, 1.82) is 0 Å². The topological polar surface area (TPSA) is 6.48 Å². The van der Waals surface area contributed by atoms with Gasteiger partial charge in [-0.05, 0) is 37.0 Å². The van der Waals surface area contributed by atoms with Crippen LogP contribution in [0.4, 0.5) is 0 Å². The quantitative estimate of drug-likeness (QED) is 0.149. The zero-order valence-electron chi connectivity index (χ0n) is 26.8. The van der Waals surface area contributed by atoms with Gasteiger partial charge in [-0.3, -0.25) is 0 Å². The molecule has 0 amide bonds. The van der Waals surface area contributed by atoms with E-state index in [0.717, 1.165) is 0 Å². The van der Waals surface area contributed by atoms with E-state index in [1.165, 1.54) is 37.0 Å². The molecule has 34 heavy (non-hydrogen) atoms. The number of hydrogen-bond donors (Lipinski definition) is 0. The predicted octanol–water partition coefficient (Wildman–Crippen LogP) is 9.52. The summed E-state index contributed by atoms with van der Waals surface area (Å²) in [5.74, 6) is 0. The minimum Gasteiger partial charge on any atom is 0 e. The van der Waals surface area contributed by atoms with Gasteiger partial charge in [0.05, 0.1) is 0 Å². The Balaban J connectivity index is -0.000000247. The van der Waals surface area contributed by atoms with Crippen LogP contribution in [0.25, 0.3) is 0 Å². The molecule has 0 spiro atoms. The van der Waals surface area contributed by atoms with Gasteiger partial charge in [-0.15, -0.1) is 15.8 Å². The van der Waals surface area contributed by atoms with Gasteiger partial charge in [-0.1, -0.05) is 41.5 Å². The van der Waals surface area contributed by atoms with E-state index in [4.69, 9.17) is 0 Å². The number of hydrogen-bond acceptors (Lipinski definition) is 2. The molecule has 0 aromatic carbocycles. The van der Waals surface area contributed by atoms with Crippen LogP contribution < -0.4 is 0 Å². The molecule has 0 atom stereocenters. The van der Waals surface area contributed by atoms with Gasteiger partial charge in [0.25, 0.3) is 0 Å². The molecule has 0 saturated carbocycles. The molecule has 0 rings (SSSR count). The summed E-state index contributed by atoms with van der Waals surface area (Å²) in [4.78, 5) is 0. The van der Waals surface area contributed by atoms with Crippen LogP contribution in [0.1, 0.15) is 41.5 Å². The Kier molecular flexibility index (Phi) is 26.5. The molecule has 212 valence electrons. The average molecular weight is 688 g/mol. The minimum absolute atomic E-state index is 0. The van der Waals surface area contributed by atoms with E-state index >= 15 is 0 Å². The Morgan fingerprint density at radius 1 is 0.412 bits per heavy atom. The Labute approximate surface area is 243 Å². The molecule has 0 aliphatic carbocycles. The second kappa shape index (κ2) is 20.6. The summed E-state index contributed by atoms with van der Waals surface area (Å²) in [6.07, 6.45) is 8.51. The van der Waals surface area contributed by atoms with E-state index in [9.17, 15) is 0 Å². The first-order valence-electron chi connectivity index (χ1n) is 13.5. The van der Waals surface area contributed by atoms with Crippen molar-refractivity contribution in [3.05, 3.63) is 0 Å². The summed E-state index contributed by atoms with van der Waals surface area (Å²) in [5, 5.41) is 0. The van der Waals surface area contributed by atoms with Gasteiger partial charge in [0.2, 0.25) is 0 Å². The first-order valence-corrected chi connectivity index (χ1v) is 32.9. The van der Waals surface area contributed by atoms with Crippen LogP contribution in [-0.2, 0) is 16.5 Å². The van der Waals surface area contributed by atoms with Crippen molar-refractivity contribution in [3.63, 3.8) is 0 Å². The fraction of sp³-hybridized carbons (Fsp3) is 1.00. The first kappa shape index (κ1) is 43.7. The zero-order chi connectivity index (χ0) is 27.3. The van der Waals surface area contributed by atoms with Crippen molar-refractivity contribution in [3.8, 4) is 0 Å². The summed E-state index contributed by atoms with van der Waals surface area (Å²) in [7, 11) is -3.86. The molecule has 0 aliphatic rings. The third-order valence-corrected chi connectivity index (χ3v) is 44.2. The van der Waals surface area contributed by atoms with Crippen LogP contribution in [0.15, 0.2) is 0 Å². The molecule has 0 fully saturated rings. The van der Waals surface area contributed by atoms with Crippen LogP contribution >= 0.6 is 15.8 Å². The maximum Gasteiger partial charge on any atom is 0 e. The summed E-state index contributed by atoms with van der Waals surface area (Å²) >= 11 is -0.114. The Hall–Kier alpha value is 2.68. The molecule has 0 bridgehead atoms. The van der Waals surface area contributed by atoms with Crippen molar-refractivity contribution >= 4 is 64.7 Å². The molecule has 0 unspecified atom stereocenters.